The first-order chi connectivity index (χ1) is 33.8. The third kappa shape index (κ3) is 25.8. The molecule has 14 atom stereocenters. The highest BCUT2D eigenvalue weighted by atomic mass is 32.2. The first-order valence-electron chi connectivity index (χ1n) is 27.4. The highest BCUT2D eigenvalue weighted by Crippen LogP contribution is 2.34. The van der Waals surface area contributed by atoms with Gasteiger partial charge in [0.25, 0.3) is 0 Å². The number of ether oxygens (including phenoxy) is 5. The second-order valence-electron chi connectivity index (χ2n) is 20.3. The van der Waals surface area contributed by atoms with Gasteiger partial charge in [0.15, 0.2) is 36.9 Å². The average Bonchev–Trinajstić information content (AvgIpc) is 3.35. The molecule has 0 aromatic carbocycles. The van der Waals surface area contributed by atoms with Crippen LogP contribution in [0.1, 0.15) is 221 Å². The summed E-state index contributed by atoms with van der Waals surface area (Å²) in [5.74, 6) is -2.51. The maximum Gasteiger partial charge on any atom is 0.309 e. The van der Waals surface area contributed by atoms with E-state index in [9.17, 15) is 40.2 Å². The summed E-state index contributed by atoms with van der Waals surface area (Å²) in [5.41, 5.74) is 0. The van der Waals surface area contributed by atoms with E-state index in [4.69, 9.17) is 33.1 Å². The van der Waals surface area contributed by atoms with Crippen LogP contribution >= 0.6 is 12.3 Å². The Kier molecular flexibility index (Phi) is 37.2. The summed E-state index contributed by atoms with van der Waals surface area (Å²) in [6.07, 6.45) is 14.9. The minimum absolute atomic E-state index is 0.00616. The molecule has 0 radical (unpaired) electrons. The molecule has 0 bridgehead atoms. The van der Waals surface area contributed by atoms with E-state index in [0.29, 0.717) is 6.42 Å². The van der Waals surface area contributed by atoms with Crippen LogP contribution in [0, 0.1) is 17.8 Å². The van der Waals surface area contributed by atoms with Gasteiger partial charge in [0.1, 0.15) is 30.5 Å². The van der Waals surface area contributed by atoms with Crippen LogP contribution in [0.4, 0.5) is 0 Å². The summed E-state index contributed by atoms with van der Waals surface area (Å²) >= 11 is 0.0516. The molecule has 2 heterocycles. The van der Waals surface area contributed by atoms with Crippen molar-refractivity contribution in [2.45, 2.75) is 288 Å². The van der Waals surface area contributed by atoms with Crippen molar-refractivity contribution in [3.8, 4) is 0 Å². The molecule has 2 aliphatic rings. The maximum atomic E-state index is 13.9. The minimum Gasteiger partial charge on any atom is -0.455 e. The van der Waals surface area contributed by atoms with Crippen molar-refractivity contribution in [1.82, 2.24) is 0 Å². The van der Waals surface area contributed by atoms with Crippen molar-refractivity contribution in [3.05, 3.63) is 0 Å². The fourth-order valence-electron chi connectivity index (χ4n) is 9.64. The van der Waals surface area contributed by atoms with E-state index in [1.54, 1.807) is 6.92 Å². The molecule has 14 unspecified atom stereocenters. The second kappa shape index (κ2) is 40.1. The number of rotatable bonds is 43. The predicted molar refractivity (Wildman–Crippen MR) is 266 cm³/mol. The Labute approximate surface area is 425 Å². The molecule has 414 valence electrons. The van der Waals surface area contributed by atoms with Crippen molar-refractivity contribution in [1.29, 1.82) is 0 Å². The van der Waals surface area contributed by atoms with Gasteiger partial charge in [0.2, 0.25) is 6.29 Å². The summed E-state index contributed by atoms with van der Waals surface area (Å²) in [4.78, 5) is 27.5. The van der Waals surface area contributed by atoms with Gasteiger partial charge in [-0.1, -0.05) is 200 Å². The molecule has 2 aliphatic heterocycles. The zero-order valence-electron chi connectivity index (χ0n) is 43.6. The molecular weight excluding hydrogens is 929 g/mol. The Morgan fingerprint density at radius 2 is 1.00 bits per heavy atom. The Morgan fingerprint density at radius 3 is 1.47 bits per heavy atom. The number of carbonyl (C=O) groups excluding carboxylic acids is 2. The highest BCUT2D eigenvalue weighted by molar-refractivity contribution is 7.89. The van der Waals surface area contributed by atoms with E-state index in [2.05, 4.69) is 23.2 Å². The van der Waals surface area contributed by atoms with Crippen LogP contribution in [0.25, 0.3) is 0 Å². The normalized spacial score (nSPS) is 26.7. The van der Waals surface area contributed by atoms with Crippen molar-refractivity contribution in [3.63, 3.8) is 0 Å². The number of hydrogen-bond donors (Lipinski definition) is 7. The molecule has 0 saturated carbocycles. The van der Waals surface area contributed by atoms with Crippen LogP contribution < -0.4 is 0 Å². The monoisotopic (exact) mass is 1030 g/mol. The molecule has 0 aliphatic carbocycles. The topological polar surface area (TPSA) is 250 Å². The molecule has 0 aromatic rings. The second-order valence-corrected chi connectivity index (χ2v) is 20.8. The largest absolute Gasteiger partial charge is 0.455 e. The van der Waals surface area contributed by atoms with Crippen molar-refractivity contribution < 1.29 is 82.7 Å². The zero-order valence-corrected chi connectivity index (χ0v) is 44.4. The van der Waals surface area contributed by atoms with E-state index >= 15 is 0 Å². The Bertz CT molecular complexity index is 1290. The lowest BCUT2D eigenvalue weighted by Gasteiger charge is -2.46. The van der Waals surface area contributed by atoms with E-state index in [-0.39, 0.29) is 37.0 Å². The third-order valence-electron chi connectivity index (χ3n) is 14.2. The standard InChI is InChI=1S/C52H98O17S/c1-6-8-10-12-14-16-18-19-20-21-23-25-27-29-31-33-42(55)64-49-47(45(58)41(36-54)63-52(49)66-51-48(67-70-69-68-61)46(59)44(57)40(35-53)62-51)65-50(60)39(5)34-38(4)43(56)37(3)32-30-28-26-24-22-17-15-13-11-9-7-2/h37-41,43-49,51-54,56-59,61H,6-36H2,1-5H3. The number of esters is 2. The van der Waals surface area contributed by atoms with Crippen LogP contribution in [-0.4, -0.2) is 129 Å². The SMILES string of the molecule is CCCCCCCCCCCCCCCCCC(=O)OC1C(OC2OC(CO)C(O)C(O)C2OSOOO)OC(CO)C(O)C1OC(=O)C(C)CC(C)C(O)C(C)CCCCCCCCCCCCC. The average molecular weight is 1030 g/mol. The fourth-order valence-corrected chi connectivity index (χ4v) is 9.99. The summed E-state index contributed by atoms with van der Waals surface area (Å²) in [6.45, 7) is 8.47. The molecule has 7 N–H and O–H groups in total. The number of aliphatic hydroxyl groups excluding tert-OH is 6. The lowest BCUT2D eigenvalue weighted by Crippen LogP contribution is -2.65. The molecule has 2 saturated heterocycles. The zero-order chi connectivity index (χ0) is 51.5. The number of unbranched alkanes of at least 4 members (excludes halogenated alkanes) is 24. The van der Waals surface area contributed by atoms with Gasteiger partial charge < -0.3 is 54.3 Å². The Hall–Kier alpha value is -1.23. The minimum atomic E-state index is -1.78. The quantitative estimate of drug-likeness (QED) is 0.00988. The summed E-state index contributed by atoms with van der Waals surface area (Å²) < 4.78 is 39.2. The predicted octanol–water partition coefficient (Wildman–Crippen LogP) is 9.34. The van der Waals surface area contributed by atoms with E-state index in [1.807, 2.05) is 13.8 Å². The fraction of sp³-hybridized carbons (Fsp3) is 0.962. The first-order valence-corrected chi connectivity index (χ1v) is 28.1. The van der Waals surface area contributed by atoms with Crippen LogP contribution in [0.2, 0.25) is 0 Å². The van der Waals surface area contributed by atoms with Crippen molar-refractivity contribution in [2.24, 2.45) is 17.8 Å². The van der Waals surface area contributed by atoms with Crippen LogP contribution in [0.5, 0.6) is 0 Å². The highest BCUT2D eigenvalue weighted by Gasteiger charge is 2.54. The van der Waals surface area contributed by atoms with Gasteiger partial charge in [-0.3, -0.25) is 13.8 Å². The third-order valence-corrected chi connectivity index (χ3v) is 14.6. The van der Waals surface area contributed by atoms with Crippen molar-refractivity contribution >= 4 is 24.3 Å². The summed E-state index contributed by atoms with van der Waals surface area (Å²) in [5, 5.41) is 76.8. The number of carbonyl (C=O) groups is 2. The molecule has 0 aromatic heterocycles. The molecular formula is C52H98O17S. The van der Waals surface area contributed by atoms with E-state index in [0.717, 1.165) is 44.9 Å². The maximum absolute atomic E-state index is 13.9. The molecule has 2 fully saturated rings. The number of hydrogen-bond acceptors (Lipinski definition) is 18. The van der Waals surface area contributed by atoms with Gasteiger partial charge in [-0.05, 0) is 31.1 Å². The Balaban J connectivity index is 2.08. The number of aliphatic hydroxyl groups is 6. The van der Waals surface area contributed by atoms with Crippen LogP contribution in [0.3, 0.4) is 0 Å². The molecule has 0 amide bonds. The van der Waals surface area contributed by atoms with Crippen molar-refractivity contribution in [2.75, 3.05) is 13.2 Å². The van der Waals surface area contributed by atoms with Gasteiger partial charge in [-0.2, -0.15) is 0 Å². The van der Waals surface area contributed by atoms with Gasteiger partial charge >= 0.3 is 11.9 Å². The van der Waals surface area contributed by atoms with Gasteiger partial charge in [0.05, 0.1) is 25.2 Å². The van der Waals surface area contributed by atoms with Gasteiger partial charge in [0, 0.05) is 6.42 Å². The Morgan fingerprint density at radius 1 is 0.557 bits per heavy atom. The molecule has 18 heteroatoms. The first kappa shape index (κ1) is 64.9. The summed E-state index contributed by atoms with van der Waals surface area (Å²) in [7, 11) is 0. The van der Waals surface area contributed by atoms with E-state index in [1.165, 1.54) is 122 Å². The smallest absolute Gasteiger partial charge is 0.309 e. The lowest BCUT2D eigenvalue weighted by atomic mass is 9.84. The molecule has 0 spiro atoms. The van der Waals surface area contributed by atoms with Crippen LogP contribution in [-0.2, 0) is 46.8 Å². The van der Waals surface area contributed by atoms with Crippen LogP contribution in [0.15, 0.2) is 0 Å². The molecule has 70 heavy (non-hydrogen) atoms. The van der Waals surface area contributed by atoms with Gasteiger partial charge in [-0.25, -0.2) is 5.26 Å². The molecule has 17 nitrogen and oxygen atoms in total. The van der Waals surface area contributed by atoms with Gasteiger partial charge in [-0.15, -0.1) is 4.33 Å². The lowest BCUT2D eigenvalue weighted by molar-refractivity contribution is -0.435. The van der Waals surface area contributed by atoms with E-state index < -0.39 is 98.6 Å². The summed E-state index contributed by atoms with van der Waals surface area (Å²) in [6, 6.07) is 0. The molecule has 2 rings (SSSR count).